The highest BCUT2D eigenvalue weighted by Crippen LogP contribution is 2.72. The predicted octanol–water partition coefficient (Wildman–Crippen LogP) is 2.71. The van der Waals surface area contributed by atoms with Gasteiger partial charge in [0, 0.05) is 29.5 Å². The first-order valence-corrected chi connectivity index (χ1v) is 7.28. The van der Waals surface area contributed by atoms with Crippen molar-refractivity contribution in [3.8, 4) is 11.8 Å². The van der Waals surface area contributed by atoms with Gasteiger partial charge in [0.25, 0.3) is 0 Å². The topological polar surface area (TPSA) is 57.9 Å². The van der Waals surface area contributed by atoms with Crippen molar-refractivity contribution >= 4 is 0 Å². The molecule has 4 atom stereocenters. The van der Waals surface area contributed by atoms with Gasteiger partial charge in [-0.2, -0.15) is 0 Å². The third kappa shape index (κ3) is 1.21. The smallest absolute Gasteiger partial charge is 0.198 e. The van der Waals surface area contributed by atoms with Crippen LogP contribution in [-0.2, 0) is 11.3 Å². The van der Waals surface area contributed by atoms with E-state index in [-0.39, 0.29) is 41.2 Å². The summed E-state index contributed by atoms with van der Waals surface area (Å²) in [4.78, 5) is 0. The quantitative estimate of drug-likeness (QED) is 0.644. The summed E-state index contributed by atoms with van der Waals surface area (Å²) in [5.41, 5.74) is 1.99. The number of ether oxygens (including phenoxy) is 1. The first-order valence-electron chi connectivity index (χ1n) is 7.28. The first-order chi connectivity index (χ1) is 9.38. The minimum absolute atomic E-state index is 0.139. The fourth-order valence-electron chi connectivity index (χ4n) is 4.70. The molecule has 4 nitrogen and oxygen atoms in total. The molecule has 3 aliphatic rings. The molecule has 2 aliphatic carbocycles. The molecule has 1 aromatic heterocycles. The number of hydrogen-bond donors (Lipinski definition) is 2. The van der Waals surface area contributed by atoms with Gasteiger partial charge in [0.2, 0.25) is 0 Å². The summed E-state index contributed by atoms with van der Waals surface area (Å²) >= 11 is 0. The summed E-state index contributed by atoms with van der Waals surface area (Å²) in [6.07, 6.45) is 2.16. The van der Waals surface area contributed by atoms with E-state index in [1.807, 2.05) is 0 Å². The van der Waals surface area contributed by atoms with Crippen LogP contribution in [0.4, 0.5) is 0 Å². The number of fused-ring (bicyclic) bond motifs is 8. The summed E-state index contributed by atoms with van der Waals surface area (Å²) in [6, 6.07) is 0. The molecule has 20 heavy (non-hydrogen) atoms. The lowest BCUT2D eigenvalue weighted by Gasteiger charge is -2.33. The molecule has 4 unspecified atom stereocenters. The number of epoxide rings is 1. The number of aromatic hydroxyl groups is 2. The Balaban J connectivity index is 1.89. The lowest BCUT2D eigenvalue weighted by atomic mass is 9.73. The lowest BCUT2D eigenvalue weighted by Crippen LogP contribution is -2.26. The second-order valence-electron chi connectivity index (χ2n) is 7.38. The number of rotatable bonds is 2. The Labute approximate surface area is 118 Å². The Kier molecular flexibility index (Phi) is 2.11. The maximum atomic E-state index is 10.5. The van der Waals surface area contributed by atoms with Gasteiger partial charge in [-0.25, -0.2) is 0 Å². The lowest BCUT2D eigenvalue weighted by molar-refractivity contribution is 0.136. The normalized spacial score (nSPS) is 36.9. The molecule has 2 heterocycles. The first kappa shape index (κ1) is 12.3. The highest BCUT2D eigenvalue weighted by Gasteiger charge is 2.71. The van der Waals surface area contributed by atoms with Crippen molar-refractivity contribution in [2.45, 2.75) is 51.4 Å². The molecule has 4 heteroatoms. The van der Waals surface area contributed by atoms with Crippen LogP contribution in [0.15, 0.2) is 12.7 Å². The second-order valence-corrected chi connectivity index (χ2v) is 7.38. The van der Waals surface area contributed by atoms with Crippen LogP contribution in [0.25, 0.3) is 0 Å². The van der Waals surface area contributed by atoms with Crippen LogP contribution in [0.3, 0.4) is 0 Å². The van der Waals surface area contributed by atoms with E-state index in [0.717, 1.165) is 11.1 Å². The molecule has 0 spiro atoms. The number of hydrogen-bond acceptors (Lipinski definition) is 3. The predicted molar refractivity (Wildman–Crippen MR) is 75.0 cm³/mol. The standard InChI is InChI=1S/C16H21NO3/c1-5-6-17-14(18)7-8(15(17)19)10-11(16(2,3)4)9(7)12-13(10)20-12/h5,9-13,18-19H,1,6H2,2-4H3. The zero-order chi connectivity index (χ0) is 14.4. The zero-order valence-electron chi connectivity index (χ0n) is 12.1. The van der Waals surface area contributed by atoms with Crippen LogP contribution in [0, 0.1) is 11.3 Å². The van der Waals surface area contributed by atoms with Gasteiger partial charge in [-0.05, 0) is 11.3 Å². The van der Waals surface area contributed by atoms with E-state index in [9.17, 15) is 10.2 Å². The van der Waals surface area contributed by atoms with Crippen molar-refractivity contribution in [3.63, 3.8) is 0 Å². The van der Waals surface area contributed by atoms with E-state index in [4.69, 9.17) is 4.74 Å². The summed E-state index contributed by atoms with van der Waals surface area (Å²) in [5.74, 6) is 1.28. The van der Waals surface area contributed by atoms with E-state index in [0.29, 0.717) is 12.5 Å². The average molecular weight is 275 g/mol. The van der Waals surface area contributed by atoms with E-state index in [1.54, 1.807) is 10.6 Å². The van der Waals surface area contributed by atoms with Crippen molar-refractivity contribution in [2.24, 2.45) is 11.3 Å². The van der Waals surface area contributed by atoms with Crippen LogP contribution in [0.5, 0.6) is 11.8 Å². The molecule has 1 aromatic rings. The molecule has 0 radical (unpaired) electrons. The highest BCUT2D eigenvalue weighted by atomic mass is 16.6. The van der Waals surface area contributed by atoms with E-state index >= 15 is 0 Å². The van der Waals surface area contributed by atoms with Crippen LogP contribution >= 0.6 is 0 Å². The molecular formula is C16H21NO3. The van der Waals surface area contributed by atoms with Crippen molar-refractivity contribution in [1.29, 1.82) is 0 Å². The van der Waals surface area contributed by atoms with Crippen molar-refractivity contribution < 1.29 is 14.9 Å². The minimum Gasteiger partial charge on any atom is -0.494 e. The average Bonchev–Trinajstić information content (AvgIpc) is 2.92. The fraction of sp³-hybridized carbons (Fsp3) is 0.625. The zero-order valence-corrected chi connectivity index (χ0v) is 12.1. The van der Waals surface area contributed by atoms with Gasteiger partial charge in [0.1, 0.15) is 0 Å². The molecular weight excluding hydrogens is 254 g/mol. The fourth-order valence-corrected chi connectivity index (χ4v) is 4.70. The third-order valence-electron chi connectivity index (χ3n) is 5.30. The van der Waals surface area contributed by atoms with Crippen LogP contribution in [0.1, 0.15) is 43.7 Å². The Morgan fingerprint density at radius 3 is 2.05 bits per heavy atom. The van der Waals surface area contributed by atoms with Crippen molar-refractivity contribution in [3.05, 3.63) is 23.8 Å². The third-order valence-corrected chi connectivity index (χ3v) is 5.30. The second kappa shape index (κ2) is 3.42. The number of aromatic nitrogens is 1. The van der Waals surface area contributed by atoms with E-state index in [1.165, 1.54) is 0 Å². The molecule has 1 saturated heterocycles. The highest BCUT2D eigenvalue weighted by molar-refractivity contribution is 5.60. The molecule has 1 aliphatic heterocycles. The van der Waals surface area contributed by atoms with Gasteiger partial charge in [0.15, 0.2) is 11.8 Å². The van der Waals surface area contributed by atoms with Crippen molar-refractivity contribution in [2.75, 3.05) is 0 Å². The molecule has 4 rings (SSSR count). The minimum atomic E-state index is 0.139. The monoisotopic (exact) mass is 275 g/mol. The number of allylic oxidation sites excluding steroid dienone is 1. The summed E-state index contributed by atoms with van der Waals surface area (Å²) in [6.45, 7) is 10.8. The Hall–Kier alpha value is -1.42. The molecule has 2 fully saturated rings. The van der Waals surface area contributed by atoms with Crippen LogP contribution < -0.4 is 0 Å². The van der Waals surface area contributed by atoms with E-state index in [2.05, 4.69) is 27.4 Å². The summed E-state index contributed by atoms with van der Waals surface area (Å²) in [5, 5.41) is 21.0. The molecule has 0 amide bonds. The van der Waals surface area contributed by atoms with Gasteiger partial charge in [-0.1, -0.05) is 26.8 Å². The van der Waals surface area contributed by atoms with Gasteiger partial charge >= 0.3 is 0 Å². The van der Waals surface area contributed by atoms with Gasteiger partial charge in [-0.3, -0.25) is 4.57 Å². The Morgan fingerprint density at radius 2 is 1.65 bits per heavy atom. The SMILES string of the molecule is C=CCn1c(O)c2c(c1O)C1C3OC3C2C1C(C)(C)C. The Morgan fingerprint density at radius 1 is 1.15 bits per heavy atom. The summed E-state index contributed by atoms with van der Waals surface area (Å²) in [7, 11) is 0. The molecule has 2 bridgehead atoms. The van der Waals surface area contributed by atoms with Gasteiger partial charge < -0.3 is 14.9 Å². The van der Waals surface area contributed by atoms with Gasteiger partial charge in [0.05, 0.1) is 12.2 Å². The van der Waals surface area contributed by atoms with E-state index < -0.39 is 0 Å². The maximum Gasteiger partial charge on any atom is 0.198 e. The van der Waals surface area contributed by atoms with Crippen molar-refractivity contribution in [1.82, 2.24) is 4.57 Å². The Bertz CT molecular complexity index is 571. The van der Waals surface area contributed by atoms with Gasteiger partial charge in [-0.15, -0.1) is 6.58 Å². The molecule has 1 saturated carbocycles. The van der Waals surface area contributed by atoms with Crippen LogP contribution in [-0.4, -0.2) is 27.0 Å². The molecule has 2 N–H and O–H groups in total. The maximum absolute atomic E-state index is 10.5. The number of nitrogens with zero attached hydrogens (tertiary/aromatic N) is 1. The molecule has 108 valence electrons. The molecule has 0 aromatic carbocycles. The van der Waals surface area contributed by atoms with Crippen LogP contribution in [0.2, 0.25) is 0 Å². The largest absolute Gasteiger partial charge is 0.494 e. The summed E-state index contributed by atoms with van der Waals surface area (Å²) < 4.78 is 7.32.